The van der Waals surface area contributed by atoms with Crippen molar-refractivity contribution >= 4 is 29.1 Å². The number of rotatable bonds is 3. The van der Waals surface area contributed by atoms with E-state index in [1.807, 2.05) is 26.8 Å². The molecule has 0 fully saturated rings. The average molecular weight is 431 g/mol. The van der Waals surface area contributed by atoms with Crippen LogP contribution in [0.2, 0.25) is 5.02 Å². The van der Waals surface area contributed by atoms with E-state index in [1.165, 1.54) is 23.2 Å². The van der Waals surface area contributed by atoms with E-state index in [2.05, 4.69) is 20.4 Å². The van der Waals surface area contributed by atoms with Gasteiger partial charge in [-0.15, -0.1) is 0 Å². The molecule has 10 heteroatoms. The number of nitrogens with zero attached hydrogens (tertiary/aromatic N) is 5. The van der Waals surface area contributed by atoms with E-state index in [-0.39, 0.29) is 17.8 Å². The predicted molar refractivity (Wildman–Crippen MR) is 110 cm³/mol. The molecule has 1 amide bonds. The second kappa shape index (κ2) is 7.33. The lowest BCUT2D eigenvalue weighted by molar-refractivity contribution is -0.115. The first-order valence-electron chi connectivity index (χ1n) is 9.26. The van der Waals surface area contributed by atoms with Crippen LogP contribution in [0.5, 0.6) is 0 Å². The van der Waals surface area contributed by atoms with Gasteiger partial charge in [0.15, 0.2) is 12.0 Å². The van der Waals surface area contributed by atoms with Gasteiger partial charge >= 0.3 is 0 Å². The van der Waals surface area contributed by atoms with Crippen LogP contribution in [0.25, 0.3) is 5.82 Å². The molecule has 0 spiro atoms. The Morgan fingerprint density at radius 2 is 2.03 bits per heavy atom. The van der Waals surface area contributed by atoms with Crippen molar-refractivity contribution < 1.29 is 14.3 Å². The van der Waals surface area contributed by atoms with E-state index < -0.39 is 18.0 Å². The molecule has 1 unspecified atom stereocenters. The molecule has 1 aliphatic heterocycles. The van der Waals surface area contributed by atoms with Crippen LogP contribution < -0.4 is 10.2 Å². The summed E-state index contributed by atoms with van der Waals surface area (Å²) >= 11 is 6.08. The first kappa shape index (κ1) is 20.2. The molecule has 3 aromatic rings. The third-order valence-electron chi connectivity index (χ3n) is 4.70. The van der Waals surface area contributed by atoms with Crippen molar-refractivity contribution in [1.29, 1.82) is 0 Å². The van der Waals surface area contributed by atoms with Gasteiger partial charge in [0.25, 0.3) is 0 Å². The highest BCUT2D eigenvalue weighted by Gasteiger charge is 2.35. The number of carbonyl (C=O) groups is 1. The van der Waals surface area contributed by atoms with E-state index in [0.717, 1.165) is 11.9 Å². The maximum Gasteiger partial charge on any atom is 0.245 e. The van der Waals surface area contributed by atoms with E-state index in [1.54, 1.807) is 10.7 Å². The number of nitrogens with one attached hydrogen (secondary N) is 1. The SMILES string of the molecule is CC(C)(C)c1cc2n(n1)-c1ncc(Cl)cc1C(O)N2CC(=O)Nc1ccc(F)cn1. The topological polar surface area (TPSA) is 96.2 Å². The van der Waals surface area contributed by atoms with Crippen molar-refractivity contribution in [3.05, 3.63) is 58.8 Å². The van der Waals surface area contributed by atoms with E-state index in [9.17, 15) is 14.3 Å². The lowest BCUT2D eigenvalue weighted by Crippen LogP contribution is -2.40. The minimum absolute atomic E-state index is 0.193. The molecule has 0 saturated heterocycles. The van der Waals surface area contributed by atoms with Crippen molar-refractivity contribution in [1.82, 2.24) is 19.7 Å². The molecule has 4 heterocycles. The van der Waals surface area contributed by atoms with Crippen LogP contribution in [-0.4, -0.2) is 37.3 Å². The van der Waals surface area contributed by atoms with Crippen LogP contribution in [0, 0.1) is 5.82 Å². The Bertz CT molecular complexity index is 1110. The fourth-order valence-corrected chi connectivity index (χ4v) is 3.33. The van der Waals surface area contributed by atoms with E-state index in [4.69, 9.17) is 11.6 Å². The Kier molecular flexibility index (Phi) is 4.95. The largest absolute Gasteiger partial charge is 0.369 e. The fourth-order valence-electron chi connectivity index (χ4n) is 3.16. The molecular formula is C20H20ClFN6O2. The number of aliphatic hydroxyl groups is 1. The summed E-state index contributed by atoms with van der Waals surface area (Å²) < 4.78 is 14.6. The summed E-state index contributed by atoms with van der Waals surface area (Å²) in [5, 5.41) is 18.6. The quantitative estimate of drug-likeness (QED) is 0.662. The molecule has 2 N–H and O–H groups in total. The van der Waals surface area contributed by atoms with Gasteiger partial charge in [-0.3, -0.25) is 4.79 Å². The van der Waals surface area contributed by atoms with Crippen LogP contribution >= 0.6 is 11.6 Å². The molecule has 8 nitrogen and oxygen atoms in total. The summed E-state index contributed by atoms with van der Waals surface area (Å²) in [5.41, 5.74) is 0.958. The number of pyridine rings is 2. The minimum atomic E-state index is -1.16. The number of carbonyl (C=O) groups excluding carboxylic acids is 1. The van der Waals surface area contributed by atoms with Crippen LogP contribution in [0.4, 0.5) is 16.0 Å². The Labute approximate surface area is 177 Å². The monoisotopic (exact) mass is 430 g/mol. The van der Waals surface area contributed by atoms with Crippen molar-refractivity contribution in [2.24, 2.45) is 0 Å². The number of anilines is 2. The Morgan fingerprint density at radius 1 is 1.27 bits per heavy atom. The third-order valence-corrected chi connectivity index (χ3v) is 4.90. The second-order valence-electron chi connectivity index (χ2n) is 8.03. The summed E-state index contributed by atoms with van der Waals surface area (Å²) in [6.07, 6.45) is 1.34. The standard InChI is InChI=1S/C20H20ClFN6O2/c1-20(2,3)14-7-17-27(10-16(29)25-15-5-4-12(22)9-23-15)19(30)13-6-11(21)8-24-18(13)28(17)26-14/h4-9,19,30H,10H2,1-3H3,(H,23,25,29). The van der Waals surface area contributed by atoms with Crippen LogP contribution in [-0.2, 0) is 10.2 Å². The first-order valence-corrected chi connectivity index (χ1v) is 9.64. The smallest absolute Gasteiger partial charge is 0.245 e. The Morgan fingerprint density at radius 3 is 2.70 bits per heavy atom. The minimum Gasteiger partial charge on any atom is -0.369 e. The van der Waals surface area contributed by atoms with Gasteiger partial charge in [0, 0.05) is 23.2 Å². The number of aliphatic hydroxyl groups excluding tert-OH is 1. The lowest BCUT2D eigenvalue weighted by Gasteiger charge is -2.34. The van der Waals surface area contributed by atoms with E-state index >= 15 is 0 Å². The maximum atomic E-state index is 13.0. The molecular weight excluding hydrogens is 411 g/mol. The molecule has 4 rings (SSSR count). The number of hydrogen-bond donors (Lipinski definition) is 2. The number of fused-ring (bicyclic) bond motifs is 3. The first-order chi connectivity index (χ1) is 14.1. The summed E-state index contributed by atoms with van der Waals surface area (Å²) in [5.74, 6) is 0.254. The molecule has 0 saturated carbocycles. The number of aromatic nitrogens is 4. The molecule has 156 valence electrons. The zero-order valence-corrected chi connectivity index (χ0v) is 17.4. The van der Waals surface area contributed by atoms with Gasteiger partial charge in [-0.1, -0.05) is 32.4 Å². The molecule has 0 bridgehead atoms. The number of halogens is 2. The second-order valence-corrected chi connectivity index (χ2v) is 8.46. The molecule has 30 heavy (non-hydrogen) atoms. The normalized spacial score (nSPS) is 15.5. The Balaban J connectivity index is 1.70. The van der Waals surface area contributed by atoms with Gasteiger partial charge in [-0.25, -0.2) is 14.4 Å². The van der Waals surface area contributed by atoms with Crippen molar-refractivity contribution in [3.8, 4) is 5.82 Å². The zero-order chi connectivity index (χ0) is 21.6. The summed E-state index contributed by atoms with van der Waals surface area (Å²) in [6.45, 7) is 5.86. The molecule has 0 radical (unpaired) electrons. The zero-order valence-electron chi connectivity index (χ0n) is 16.6. The van der Waals surface area contributed by atoms with Gasteiger partial charge < -0.3 is 15.3 Å². The van der Waals surface area contributed by atoms with Crippen LogP contribution in [0.15, 0.2) is 36.7 Å². The van der Waals surface area contributed by atoms with Crippen molar-refractivity contribution in [3.63, 3.8) is 0 Å². The van der Waals surface area contributed by atoms with Gasteiger partial charge in [-0.2, -0.15) is 9.78 Å². The number of amides is 1. The summed E-state index contributed by atoms with van der Waals surface area (Å²) in [4.78, 5) is 22.3. The van der Waals surface area contributed by atoms with Crippen LogP contribution in [0.1, 0.15) is 38.3 Å². The highest BCUT2D eigenvalue weighted by molar-refractivity contribution is 6.30. The highest BCUT2D eigenvalue weighted by Crippen LogP contribution is 2.38. The van der Waals surface area contributed by atoms with Gasteiger partial charge in [0.05, 0.1) is 16.9 Å². The van der Waals surface area contributed by atoms with Gasteiger partial charge in [0.2, 0.25) is 5.91 Å². The summed E-state index contributed by atoms with van der Waals surface area (Å²) in [7, 11) is 0. The lowest BCUT2D eigenvalue weighted by atomic mass is 9.92. The molecule has 3 aromatic heterocycles. The van der Waals surface area contributed by atoms with Crippen molar-refractivity contribution in [2.75, 3.05) is 16.8 Å². The predicted octanol–water partition coefficient (Wildman–Crippen LogP) is 3.20. The Hall–Kier alpha value is -3.04. The highest BCUT2D eigenvalue weighted by atomic mass is 35.5. The maximum absolute atomic E-state index is 13.0. The van der Waals surface area contributed by atoms with Gasteiger partial charge in [-0.05, 0) is 18.2 Å². The molecule has 1 atom stereocenters. The molecule has 1 aliphatic rings. The number of hydrogen-bond acceptors (Lipinski definition) is 6. The van der Waals surface area contributed by atoms with Crippen molar-refractivity contribution in [2.45, 2.75) is 32.4 Å². The summed E-state index contributed by atoms with van der Waals surface area (Å²) in [6, 6.07) is 5.99. The average Bonchev–Trinajstić information content (AvgIpc) is 3.13. The fraction of sp³-hybridized carbons (Fsp3) is 0.300. The molecule has 0 aliphatic carbocycles. The van der Waals surface area contributed by atoms with Crippen LogP contribution in [0.3, 0.4) is 0 Å². The molecule has 0 aromatic carbocycles. The van der Waals surface area contributed by atoms with E-state index in [0.29, 0.717) is 22.2 Å². The van der Waals surface area contributed by atoms with Gasteiger partial charge in [0.1, 0.15) is 24.0 Å². The third kappa shape index (κ3) is 3.73.